The molecule has 0 saturated heterocycles. The molecule has 0 aliphatic heterocycles. The van der Waals surface area contributed by atoms with E-state index in [4.69, 9.17) is 5.73 Å². The van der Waals surface area contributed by atoms with E-state index in [-0.39, 0.29) is 23.2 Å². The third-order valence-electron chi connectivity index (χ3n) is 4.01. The molecule has 0 saturated carbocycles. The number of aromatic nitrogens is 1. The highest BCUT2D eigenvalue weighted by atomic mass is 16.3. The summed E-state index contributed by atoms with van der Waals surface area (Å²) in [4.78, 5) is 7.49. The molecule has 25 heavy (non-hydrogen) atoms. The first-order valence-electron chi connectivity index (χ1n) is 7.90. The average molecular weight is 330 g/mol. The molecule has 4 N–H and O–H groups in total. The first-order valence-corrected chi connectivity index (χ1v) is 7.90. The van der Waals surface area contributed by atoms with Crippen LogP contribution in [0.3, 0.4) is 0 Å². The number of nitrogens with one attached hydrogen (secondary N) is 1. The van der Waals surface area contributed by atoms with Crippen molar-refractivity contribution in [2.24, 2.45) is 10.7 Å². The van der Waals surface area contributed by atoms with Crippen LogP contribution in [0.1, 0.15) is 24.2 Å². The highest BCUT2D eigenvalue weighted by molar-refractivity contribution is 6.05. The quantitative estimate of drug-likeness (QED) is 0.384. The number of nitrogens with zero attached hydrogens (tertiary/aromatic N) is 2. The third kappa shape index (κ3) is 3.38. The lowest BCUT2D eigenvalue weighted by Crippen LogP contribution is -2.15. The number of nitrogens with two attached hydrogens (primary N) is 1. The summed E-state index contributed by atoms with van der Waals surface area (Å²) in [6.07, 6.45) is 1.52. The zero-order chi connectivity index (χ0) is 17.8. The number of aromatic hydroxyl groups is 1. The number of rotatable bonds is 4. The fraction of sp³-hybridized carbons (Fsp3) is 0.100. The van der Waals surface area contributed by atoms with Gasteiger partial charge < -0.3 is 15.8 Å². The maximum atomic E-state index is 10.3. The molecule has 0 bridgehead atoms. The molecule has 0 radical (unpaired) electrons. The summed E-state index contributed by atoms with van der Waals surface area (Å²) in [6.45, 7) is 1.91. The molecule has 5 heteroatoms. The first kappa shape index (κ1) is 16.3. The van der Waals surface area contributed by atoms with Crippen LogP contribution < -0.4 is 5.73 Å². The summed E-state index contributed by atoms with van der Waals surface area (Å²) >= 11 is 0. The van der Waals surface area contributed by atoms with E-state index in [0.29, 0.717) is 11.1 Å². The molecular formula is C20H18N4O. The minimum absolute atomic E-state index is 0.0901. The van der Waals surface area contributed by atoms with Gasteiger partial charge in [-0.2, -0.15) is 5.26 Å². The molecule has 5 nitrogen and oxygen atoms in total. The monoisotopic (exact) mass is 330 g/mol. The highest BCUT2D eigenvalue weighted by Crippen LogP contribution is 2.30. The van der Waals surface area contributed by atoms with Crippen LogP contribution >= 0.6 is 0 Å². The van der Waals surface area contributed by atoms with Crippen LogP contribution in [0.15, 0.2) is 65.2 Å². The van der Waals surface area contributed by atoms with Crippen molar-refractivity contribution in [2.45, 2.75) is 13.0 Å². The molecule has 124 valence electrons. The predicted molar refractivity (Wildman–Crippen MR) is 100 cm³/mol. The average Bonchev–Trinajstić information content (AvgIpc) is 2.96. The number of H-pyrrole nitrogens is 1. The van der Waals surface area contributed by atoms with E-state index < -0.39 is 0 Å². The van der Waals surface area contributed by atoms with Gasteiger partial charge in [0, 0.05) is 10.9 Å². The number of para-hydroxylation sites is 1. The number of benzene rings is 2. The van der Waals surface area contributed by atoms with Crippen LogP contribution in [0.5, 0.6) is 5.75 Å². The van der Waals surface area contributed by atoms with Crippen molar-refractivity contribution < 1.29 is 5.11 Å². The molecular weight excluding hydrogens is 312 g/mol. The van der Waals surface area contributed by atoms with Gasteiger partial charge in [-0.25, -0.2) is 0 Å². The lowest BCUT2D eigenvalue weighted by Gasteiger charge is -2.08. The van der Waals surface area contributed by atoms with Crippen LogP contribution in [0.25, 0.3) is 17.0 Å². The minimum Gasteiger partial charge on any atom is -0.505 e. The van der Waals surface area contributed by atoms with Crippen molar-refractivity contribution in [2.75, 3.05) is 0 Å². The van der Waals surface area contributed by atoms with E-state index in [9.17, 15) is 10.4 Å². The van der Waals surface area contributed by atoms with Gasteiger partial charge in [-0.1, -0.05) is 42.5 Å². The molecule has 1 atom stereocenters. The van der Waals surface area contributed by atoms with Gasteiger partial charge in [0.1, 0.15) is 17.7 Å². The van der Waals surface area contributed by atoms with E-state index >= 15 is 0 Å². The number of hydrogen-bond donors (Lipinski definition) is 3. The van der Waals surface area contributed by atoms with Crippen LogP contribution in [0.4, 0.5) is 0 Å². The summed E-state index contributed by atoms with van der Waals surface area (Å²) in [7, 11) is 0. The Kier molecular flexibility index (Phi) is 4.53. The molecule has 0 spiro atoms. The Morgan fingerprint density at radius 2 is 1.88 bits per heavy atom. The van der Waals surface area contributed by atoms with Crippen LogP contribution in [0, 0.1) is 11.3 Å². The van der Waals surface area contributed by atoms with E-state index in [1.807, 2.05) is 55.5 Å². The highest BCUT2D eigenvalue weighted by Gasteiger charge is 2.12. The molecule has 0 amide bonds. The minimum atomic E-state index is -0.172. The maximum absolute atomic E-state index is 10.3. The summed E-state index contributed by atoms with van der Waals surface area (Å²) in [5, 5.41) is 20.4. The number of fused-ring (bicyclic) bond motifs is 1. The topological polar surface area (TPSA) is 98.2 Å². The standard InChI is InChI=1S/C20H18N4O/c1-13(14-7-3-2-4-8-14)23-20(22)15(12-21)11-18-19(25)16-9-5-6-10-17(16)24-18/h2-11,13,24-25H,1H3,(H2,22,23). The van der Waals surface area contributed by atoms with Crippen molar-refractivity contribution in [3.63, 3.8) is 0 Å². The van der Waals surface area contributed by atoms with Gasteiger partial charge in [0.15, 0.2) is 0 Å². The summed E-state index contributed by atoms with van der Waals surface area (Å²) < 4.78 is 0. The van der Waals surface area contributed by atoms with Gasteiger partial charge in [0.2, 0.25) is 0 Å². The number of aliphatic imine (C=N–C) groups is 1. The third-order valence-corrected chi connectivity index (χ3v) is 4.01. The molecule has 0 fully saturated rings. The Labute approximate surface area is 145 Å². The normalized spacial score (nSPS) is 13.6. The summed E-state index contributed by atoms with van der Waals surface area (Å²) in [5.74, 6) is 0.226. The lowest BCUT2D eigenvalue weighted by atomic mass is 10.1. The van der Waals surface area contributed by atoms with E-state index in [0.717, 1.165) is 11.1 Å². The smallest absolute Gasteiger partial charge is 0.148 e. The first-order chi connectivity index (χ1) is 12.1. The fourth-order valence-electron chi connectivity index (χ4n) is 2.64. The van der Waals surface area contributed by atoms with Gasteiger partial charge in [-0.15, -0.1) is 0 Å². The van der Waals surface area contributed by atoms with E-state index in [2.05, 4.69) is 16.0 Å². The Hall–Kier alpha value is -3.52. The Balaban J connectivity index is 1.95. The fourth-order valence-corrected chi connectivity index (χ4v) is 2.64. The molecule has 0 aliphatic carbocycles. The largest absolute Gasteiger partial charge is 0.505 e. The zero-order valence-corrected chi connectivity index (χ0v) is 13.8. The number of amidine groups is 1. The van der Waals surface area contributed by atoms with Crippen molar-refractivity contribution in [1.82, 2.24) is 4.98 Å². The second-order valence-corrected chi connectivity index (χ2v) is 5.70. The molecule has 3 aromatic rings. The van der Waals surface area contributed by atoms with Crippen LogP contribution in [-0.2, 0) is 0 Å². The SMILES string of the molecule is CC(N=C(N)C(C#N)=Cc1[nH]c2ccccc2c1O)c1ccccc1. The van der Waals surface area contributed by atoms with E-state index in [1.54, 1.807) is 6.07 Å². The second kappa shape index (κ2) is 6.93. The van der Waals surface area contributed by atoms with E-state index in [1.165, 1.54) is 6.08 Å². The van der Waals surface area contributed by atoms with Gasteiger partial charge in [-0.05, 0) is 30.7 Å². The van der Waals surface area contributed by atoms with Crippen LogP contribution in [-0.4, -0.2) is 15.9 Å². The van der Waals surface area contributed by atoms with Crippen LogP contribution in [0.2, 0.25) is 0 Å². The lowest BCUT2D eigenvalue weighted by molar-refractivity contribution is 0.480. The second-order valence-electron chi connectivity index (χ2n) is 5.70. The molecule has 1 aromatic heterocycles. The Bertz CT molecular complexity index is 993. The molecule has 3 rings (SSSR count). The van der Waals surface area contributed by atoms with Crippen molar-refractivity contribution >= 4 is 22.8 Å². The van der Waals surface area contributed by atoms with Gasteiger partial charge >= 0.3 is 0 Å². The van der Waals surface area contributed by atoms with Crippen molar-refractivity contribution in [3.8, 4) is 11.8 Å². The molecule has 2 aromatic carbocycles. The summed E-state index contributed by atoms with van der Waals surface area (Å²) in [6, 6.07) is 19.0. The zero-order valence-electron chi connectivity index (χ0n) is 13.8. The van der Waals surface area contributed by atoms with Gasteiger partial charge in [0.05, 0.1) is 17.3 Å². The predicted octanol–water partition coefficient (Wildman–Crippen LogP) is 3.90. The Morgan fingerprint density at radius 1 is 1.20 bits per heavy atom. The van der Waals surface area contributed by atoms with Gasteiger partial charge in [-0.3, -0.25) is 4.99 Å². The van der Waals surface area contributed by atoms with Crippen molar-refractivity contribution in [1.29, 1.82) is 5.26 Å². The number of hydrogen-bond acceptors (Lipinski definition) is 3. The number of nitriles is 1. The number of aromatic amines is 1. The molecule has 1 heterocycles. The maximum Gasteiger partial charge on any atom is 0.148 e. The molecule has 0 aliphatic rings. The summed E-state index contributed by atoms with van der Waals surface area (Å²) in [5.41, 5.74) is 8.45. The molecule has 1 unspecified atom stereocenters. The van der Waals surface area contributed by atoms with Gasteiger partial charge in [0.25, 0.3) is 0 Å². The Morgan fingerprint density at radius 3 is 2.56 bits per heavy atom. The van der Waals surface area contributed by atoms with Crippen molar-refractivity contribution in [3.05, 3.63) is 71.4 Å².